The summed E-state index contributed by atoms with van der Waals surface area (Å²) in [7, 11) is 0. The highest BCUT2D eigenvalue weighted by molar-refractivity contribution is 7.14. The van der Waals surface area contributed by atoms with Crippen LogP contribution in [-0.2, 0) is 0 Å². The monoisotopic (exact) mass is 374 g/mol. The van der Waals surface area contributed by atoms with Crippen LogP contribution in [0.1, 0.15) is 10.5 Å². The number of anilines is 3. The summed E-state index contributed by atoms with van der Waals surface area (Å²) in [4.78, 5) is 20.5. The fourth-order valence-corrected chi connectivity index (χ4v) is 2.99. The third kappa shape index (κ3) is 3.49. The number of ether oxygens (including phenoxy) is 2. The number of fused-ring (bicyclic) bond motifs is 1. The van der Waals surface area contributed by atoms with Crippen molar-refractivity contribution in [1.29, 1.82) is 0 Å². The van der Waals surface area contributed by atoms with E-state index in [1.54, 1.807) is 17.5 Å². The van der Waals surface area contributed by atoms with Crippen LogP contribution >= 0.6 is 22.9 Å². The van der Waals surface area contributed by atoms with Crippen molar-refractivity contribution < 1.29 is 14.3 Å². The van der Waals surface area contributed by atoms with E-state index in [-0.39, 0.29) is 12.7 Å². The van der Waals surface area contributed by atoms with E-state index >= 15 is 0 Å². The second-order valence-electron chi connectivity index (χ2n) is 5.05. The number of thiazole rings is 1. The molecule has 25 heavy (non-hydrogen) atoms. The molecular weight excluding hydrogens is 364 g/mol. The Morgan fingerprint density at radius 3 is 2.92 bits per heavy atom. The van der Waals surface area contributed by atoms with Crippen LogP contribution in [0.15, 0.2) is 41.9 Å². The number of aromatic nitrogens is 2. The van der Waals surface area contributed by atoms with Crippen LogP contribution in [0.2, 0.25) is 5.02 Å². The third-order valence-electron chi connectivity index (χ3n) is 3.33. The van der Waals surface area contributed by atoms with Gasteiger partial charge in [-0.2, -0.15) is 0 Å². The number of hydrogen-bond acceptors (Lipinski definition) is 7. The number of halogens is 1. The summed E-state index contributed by atoms with van der Waals surface area (Å²) < 4.78 is 10.6. The average Bonchev–Trinajstić information content (AvgIpc) is 3.26. The first-order valence-corrected chi connectivity index (χ1v) is 8.48. The Balaban J connectivity index is 1.44. The molecule has 3 heterocycles. The number of pyridine rings is 1. The number of carbonyl (C=O) groups excluding carboxylic acids is 1. The van der Waals surface area contributed by atoms with E-state index in [0.717, 1.165) is 5.69 Å². The molecule has 9 heteroatoms. The van der Waals surface area contributed by atoms with Gasteiger partial charge in [0.2, 0.25) is 6.79 Å². The van der Waals surface area contributed by atoms with Crippen molar-refractivity contribution >= 4 is 45.5 Å². The maximum absolute atomic E-state index is 12.2. The van der Waals surface area contributed by atoms with Crippen LogP contribution in [-0.4, -0.2) is 22.7 Å². The minimum absolute atomic E-state index is 0.221. The topological polar surface area (TPSA) is 85.4 Å². The minimum atomic E-state index is -0.343. The van der Waals surface area contributed by atoms with E-state index < -0.39 is 0 Å². The first-order chi connectivity index (χ1) is 12.2. The number of amides is 1. The van der Waals surface area contributed by atoms with Crippen molar-refractivity contribution in [2.75, 3.05) is 17.4 Å². The van der Waals surface area contributed by atoms with Gasteiger partial charge in [0.05, 0.1) is 5.02 Å². The standard InChI is InChI=1S/C16H11ClN4O3S/c17-9-1-4-14(18-6-9)21-15(22)11-7-25-16(20-11)19-10-2-3-12-13(5-10)24-8-23-12/h1-7H,8H2,(H,19,20)(H,18,21,22). The molecule has 0 radical (unpaired) electrons. The molecule has 1 aromatic carbocycles. The zero-order valence-electron chi connectivity index (χ0n) is 12.7. The van der Waals surface area contributed by atoms with Gasteiger partial charge in [0.25, 0.3) is 5.91 Å². The van der Waals surface area contributed by atoms with Crippen LogP contribution in [0.25, 0.3) is 0 Å². The fourth-order valence-electron chi connectivity index (χ4n) is 2.16. The molecule has 0 saturated carbocycles. The summed E-state index contributed by atoms with van der Waals surface area (Å²) in [6.45, 7) is 0.221. The summed E-state index contributed by atoms with van der Waals surface area (Å²) in [5.41, 5.74) is 1.09. The Kier molecular flexibility index (Phi) is 4.12. The average molecular weight is 375 g/mol. The number of nitrogens with one attached hydrogen (secondary N) is 2. The van der Waals surface area contributed by atoms with Crippen LogP contribution in [0.3, 0.4) is 0 Å². The van der Waals surface area contributed by atoms with Gasteiger partial charge in [0.1, 0.15) is 11.5 Å². The van der Waals surface area contributed by atoms with Gasteiger partial charge in [0.15, 0.2) is 16.6 Å². The summed E-state index contributed by atoms with van der Waals surface area (Å²) in [6, 6.07) is 8.77. The lowest BCUT2D eigenvalue weighted by Gasteiger charge is -2.04. The highest BCUT2D eigenvalue weighted by atomic mass is 35.5. The molecule has 0 saturated heterocycles. The lowest BCUT2D eigenvalue weighted by atomic mass is 10.3. The molecular formula is C16H11ClN4O3S. The van der Waals surface area contributed by atoms with Crippen molar-refractivity contribution in [2.45, 2.75) is 0 Å². The van der Waals surface area contributed by atoms with Crippen molar-refractivity contribution in [1.82, 2.24) is 9.97 Å². The second kappa shape index (κ2) is 6.58. The Bertz CT molecular complexity index is 929. The zero-order chi connectivity index (χ0) is 17.2. The molecule has 2 N–H and O–H groups in total. The largest absolute Gasteiger partial charge is 0.454 e. The Morgan fingerprint density at radius 1 is 1.20 bits per heavy atom. The van der Waals surface area contributed by atoms with E-state index in [2.05, 4.69) is 20.6 Å². The maximum Gasteiger partial charge on any atom is 0.276 e. The summed E-state index contributed by atoms with van der Waals surface area (Å²) >= 11 is 7.09. The molecule has 0 bridgehead atoms. The molecule has 0 aliphatic carbocycles. The van der Waals surface area contributed by atoms with E-state index in [4.69, 9.17) is 21.1 Å². The molecule has 126 valence electrons. The Morgan fingerprint density at radius 2 is 2.08 bits per heavy atom. The van der Waals surface area contributed by atoms with Crippen molar-refractivity contribution in [2.24, 2.45) is 0 Å². The van der Waals surface area contributed by atoms with Gasteiger partial charge in [-0.15, -0.1) is 11.3 Å². The first kappa shape index (κ1) is 15.7. The van der Waals surface area contributed by atoms with Crippen LogP contribution in [0, 0.1) is 0 Å². The SMILES string of the molecule is O=C(Nc1ccc(Cl)cn1)c1csc(Nc2ccc3c(c2)OCO3)n1. The van der Waals surface area contributed by atoms with E-state index in [1.807, 2.05) is 18.2 Å². The molecule has 1 aliphatic heterocycles. The van der Waals surface area contributed by atoms with Gasteiger partial charge < -0.3 is 20.1 Å². The predicted molar refractivity (Wildman–Crippen MR) is 95.2 cm³/mol. The highest BCUT2D eigenvalue weighted by Crippen LogP contribution is 2.35. The molecule has 0 spiro atoms. The lowest BCUT2D eigenvalue weighted by Crippen LogP contribution is -2.13. The maximum atomic E-state index is 12.2. The van der Waals surface area contributed by atoms with Gasteiger partial charge in [-0.1, -0.05) is 11.6 Å². The van der Waals surface area contributed by atoms with E-state index in [0.29, 0.717) is 33.2 Å². The van der Waals surface area contributed by atoms with Gasteiger partial charge in [0, 0.05) is 23.3 Å². The second-order valence-corrected chi connectivity index (χ2v) is 6.34. The molecule has 1 aliphatic rings. The lowest BCUT2D eigenvalue weighted by molar-refractivity contribution is 0.102. The summed E-state index contributed by atoms with van der Waals surface area (Å²) in [5.74, 6) is 1.45. The normalized spacial score (nSPS) is 12.0. The van der Waals surface area contributed by atoms with Crippen molar-refractivity contribution in [3.05, 3.63) is 52.6 Å². The zero-order valence-corrected chi connectivity index (χ0v) is 14.2. The molecule has 7 nitrogen and oxygen atoms in total. The highest BCUT2D eigenvalue weighted by Gasteiger charge is 2.15. The summed E-state index contributed by atoms with van der Waals surface area (Å²) in [6.07, 6.45) is 1.46. The first-order valence-electron chi connectivity index (χ1n) is 7.22. The molecule has 0 atom stereocenters. The summed E-state index contributed by atoms with van der Waals surface area (Å²) in [5, 5.41) is 8.57. The van der Waals surface area contributed by atoms with Crippen molar-refractivity contribution in [3.63, 3.8) is 0 Å². The molecule has 2 aromatic heterocycles. The molecule has 4 rings (SSSR count). The number of hydrogen-bond donors (Lipinski definition) is 2. The number of rotatable bonds is 4. The molecule has 0 unspecified atom stereocenters. The van der Waals surface area contributed by atoms with Gasteiger partial charge in [-0.05, 0) is 24.3 Å². The third-order valence-corrected chi connectivity index (χ3v) is 4.31. The van der Waals surface area contributed by atoms with E-state index in [1.165, 1.54) is 17.5 Å². The quantitative estimate of drug-likeness (QED) is 0.720. The van der Waals surface area contributed by atoms with Crippen LogP contribution in [0.5, 0.6) is 11.5 Å². The van der Waals surface area contributed by atoms with Crippen molar-refractivity contribution in [3.8, 4) is 11.5 Å². The Labute approximate surface area is 151 Å². The molecule has 3 aromatic rings. The molecule has 0 fully saturated rings. The van der Waals surface area contributed by atoms with Crippen LogP contribution in [0.4, 0.5) is 16.6 Å². The van der Waals surface area contributed by atoms with Gasteiger partial charge >= 0.3 is 0 Å². The number of benzene rings is 1. The number of nitrogens with zero attached hydrogens (tertiary/aromatic N) is 2. The smallest absolute Gasteiger partial charge is 0.276 e. The Hall–Kier alpha value is -2.84. The van der Waals surface area contributed by atoms with Gasteiger partial charge in [-0.3, -0.25) is 4.79 Å². The van der Waals surface area contributed by atoms with E-state index in [9.17, 15) is 4.79 Å². The van der Waals surface area contributed by atoms with Crippen LogP contribution < -0.4 is 20.1 Å². The number of carbonyl (C=O) groups is 1. The molecule has 1 amide bonds. The van der Waals surface area contributed by atoms with Gasteiger partial charge in [-0.25, -0.2) is 9.97 Å². The predicted octanol–water partition coefficient (Wildman–Crippen LogP) is 3.92. The fraction of sp³-hybridized carbons (Fsp3) is 0.0625. The minimum Gasteiger partial charge on any atom is -0.454 e.